The molecule has 6 rings (SSSR count). The molecule has 0 saturated carbocycles. The predicted molar refractivity (Wildman–Crippen MR) is 150 cm³/mol. The van der Waals surface area contributed by atoms with Crippen molar-refractivity contribution in [3.63, 3.8) is 0 Å². The fourth-order valence-corrected chi connectivity index (χ4v) is 4.47. The van der Waals surface area contributed by atoms with Crippen LogP contribution in [0, 0.1) is 24.4 Å². The van der Waals surface area contributed by atoms with Gasteiger partial charge in [-0.1, -0.05) is 24.3 Å². The van der Waals surface area contributed by atoms with Crippen LogP contribution in [0.5, 0.6) is 0 Å². The van der Waals surface area contributed by atoms with Gasteiger partial charge in [-0.05, 0) is 73.2 Å². The molecule has 0 bridgehead atoms. The van der Waals surface area contributed by atoms with E-state index in [1.165, 1.54) is 12.1 Å². The lowest BCUT2D eigenvalue weighted by Crippen LogP contribution is -2.14. The molecular formula is C31H21F3N6O. The van der Waals surface area contributed by atoms with Gasteiger partial charge in [-0.2, -0.15) is 5.10 Å². The summed E-state index contributed by atoms with van der Waals surface area (Å²) in [5.74, 6) is -2.45. The Morgan fingerprint density at radius 2 is 1.66 bits per heavy atom. The molecule has 0 atom stereocenters. The summed E-state index contributed by atoms with van der Waals surface area (Å²) >= 11 is 0. The van der Waals surface area contributed by atoms with E-state index in [1.807, 2.05) is 31.3 Å². The van der Waals surface area contributed by atoms with Crippen LogP contribution in [0.25, 0.3) is 28.0 Å². The number of rotatable bonds is 6. The molecule has 10 heteroatoms. The molecule has 2 N–H and O–H groups in total. The number of amides is 1. The second kappa shape index (κ2) is 10.6. The SMILES string of the molecule is Cc1ccc2c(-c3ccnc(Nc4cccc(F)c4)n3)c(-c3cccc(NC(=O)c4cc(F)ccc4F)c3)nn2c1. The molecule has 6 aromatic rings. The Morgan fingerprint density at radius 1 is 0.854 bits per heavy atom. The van der Waals surface area contributed by atoms with Crippen LogP contribution < -0.4 is 10.6 Å². The van der Waals surface area contributed by atoms with Crippen molar-refractivity contribution in [2.75, 3.05) is 10.6 Å². The summed E-state index contributed by atoms with van der Waals surface area (Å²) in [6, 6.07) is 21.2. The summed E-state index contributed by atoms with van der Waals surface area (Å²) in [5, 5.41) is 10.5. The molecule has 0 radical (unpaired) electrons. The van der Waals surface area contributed by atoms with E-state index in [-0.39, 0.29) is 5.95 Å². The Balaban J connectivity index is 1.41. The van der Waals surface area contributed by atoms with Gasteiger partial charge in [-0.25, -0.2) is 27.7 Å². The number of halogens is 3. The first kappa shape index (κ1) is 25.8. The molecule has 0 fully saturated rings. The van der Waals surface area contributed by atoms with Crippen molar-refractivity contribution >= 4 is 28.7 Å². The highest BCUT2D eigenvalue weighted by atomic mass is 19.1. The number of nitrogens with one attached hydrogen (secondary N) is 2. The van der Waals surface area contributed by atoms with Crippen LogP contribution in [-0.2, 0) is 0 Å². The number of pyridine rings is 1. The van der Waals surface area contributed by atoms with E-state index in [0.717, 1.165) is 29.3 Å². The van der Waals surface area contributed by atoms with Crippen molar-refractivity contribution in [2.45, 2.75) is 6.92 Å². The third kappa shape index (κ3) is 5.35. The van der Waals surface area contributed by atoms with Gasteiger partial charge in [0.15, 0.2) is 0 Å². The molecule has 7 nitrogen and oxygen atoms in total. The zero-order chi connectivity index (χ0) is 28.5. The van der Waals surface area contributed by atoms with Crippen molar-refractivity contribution in [1.29, 1.82) is 0 Å². The number of fused-ring (bicyclic) bond motifs is 1. The van der Waals surface area contributed by atoms with E-state index < -0.39 is 28.9 Å². The smallest absolute Gasteiger partial charge is 0.258 e. The van der Waals surface area contributed by atoms with Gasteiger partial charge in [0.05, 0.1) is 22.3 Å². The Hall–Kier alpha value is -5.51. The molecule has 3 aromatic carbocycles. The number of aryl methyl sites for hydroxylation is 1. The summed E-state index contributed by atoms with van der Waals surface area (Å²) in [7, 11) is 0. The van der Waals surface area contributed by atoms with Gasteiger partial charge >= 0.3 is 0 Å². The third-order valence-electron chi connectivity index (χ3n) is 6.34. The van der Waals surface area contributed by atoms with Gasteiger partial charge in [0.2, 0.25) is 5.95 Å². The number of carbonyl (C=O) groups excluding carboxylic acids is 1. The van der Waals surface area contributed by atoms with Gasteiger partial charge in [-0.3, -0.25) is 4.79 Å². The molecule has 0 unspecified atom stereocenters. The number of hydrogen-bond donors (Lipinski definition) is 2. The van der Waals surface area contributed by atoms with Gasteiger partial charge in [-0.15, -0.1) is 0 Å². The highest BCUT2D eigenvalue weighted by molar-refractivity contribution is 6.05. The quantitative estimate of drug-likeness (QED) is 0.230. The van der Waals surface area contributed by atoms with E-state index >= 15 is 0 Å². The molecule has 0 aliphatic rings. The molecule has 202 valence electrons. The maximum Gasteiger partial charge on any atom is 0.258 e. The normalized spacial score (nSPS) is 11.0. The maximum absolute atomic E-state index is 14.2. The third-order valence-corrected chi connectivity index (χ3v) is 6.34. The van der Waals surface area contributed by atoms with Gasteiger partial charge in [0, 0.05) is 29.3 Å². The summed E-state index contributed by atoms with van der Waals surface area (Å²) in [4.78, 5) is 21.7. The molecule has 0 spiro atoms. The van der Waals surface area contributed by atoms with Gasteiger partial charge in [0.1, 0.15) is 23.1 Å². The van der Waals surface area contributed by atoms with E-state index in [1.54, 1.807) is 47.1 Å². The average molecular weight is 551 g/mol. The number of hydrogen-bond acceptors (Lipinski definition) is 5. The Morgan fingerprint density at radius 3 is 2.51 bits per heavy atom. The average Bonchev–Trinajstić information content (AvgIpc) is 3.33. The van der Waals surface area contributed by atoms with Crippen molar-refractivity contribution in [3.8, 4) is 22.5 Å². The van der Waals surface area contributed by atoms with Crippen LogP contribution >= 0.6 is 0 Å². The largest absolute Gasteiger partial charge is 0.324 e. The first-order chi connectivity index (χ1) is 19.8. The van der Waals surface area contributed by atoms with E-state index in [2.05, 4.69) is 20.6 Å². The molecule has 3 aromatic heterocycles. The lowest BCUT2D eigenvalue weighted by molar-refractivity contribution is 0.102. The molecular weight excluding hydrogens is 529 g/mol. The molecule has 0 saturated heterocycles. The Kier molecular flexibility index (Phi) is 6.64. The monoisotopic (exact) mass is 550 g/mol. The number of carbonyl (C=O) groups is 1. The number of nitrogens with zero attached hydrogens (tertiary/aromatic N) is 4. The fraction of sp³-hybridized carbons (Fsp3) is 0.0323. The number of aromatic nitrogens is 4. The highest BCUT2D eigenvalue weighted by Gasteiger charge is 2.20. The summed E-state index contributed by atoms with van der Waals surface area (Å²) < 4.78 is 43.3. The van der Waals surface area contributed by atoms with Crippen molar-refractivity contribution < 1.29 is 18.0 Å². The first-order valence-electron chi connectivity index (χ1n) is 12.6. The minimum Gasteiger partial charge on any atom is -0.324 e. The fourth-order valence-electron chi connectivity index (χ4n) is 4.47. The standard InChI is InChI=1S/C31H21F3N6O/c1-18-8-11-27-28(26-12-13-35-31(38-26)37-23-7-3-5-20(32)15-23)29(39-40(27)17-18)19-4-2-6-22(14-19)36-30(41)24-16-21(33)9-10-25(24)34/h2-17H,1H3,(H,36,41)(H,35,37,38). The topological polar surface area (TPSA) is 84.2 Å². The van der Waals surface area contributed by atoms with E-state index in [9.17, 15) is 18.0 Å². The summed E-state index contributed by atoms with van der Waals surface area (Å²) in [6.07, 6.45) is 3.48. The summed E-state index contributed by atoms with van der Waals surface area (Å²) in [6.45, 7) is 1.95. The molecule has 41 heavy (non-hydrogen) atoms. The van der Waals surface area contributed by atoms with Gasteiger partial charge < -0.3 is 10.6 Å². The first-order valence-corrected chi connectivity index (χ1v) is 12.6. The number of benzene rings is 3. The second-order valence-electron chi connectivity index (χ2n) is 9.32. The predicted octanol–water partition coefficient (Wildman–Crippen LogP) is 7.18. The van der Waals surface area contributed by atoms with Crippen LogP contribution in [0.1, 0.15) is 15.9 Å². The molecule has 0 aliphatic heterocycles. The zero-order valence-corrected chi connectivity index (χ0v) is 21.6. The molecule has 1 amide bonds. The molecule has 0 aliphatic carbocycles. The minimum absolute atomic E-state index is 0.267. The Labute approximate surface area is 232 Å². The second-order valence-corrected chi connectivity index (χ2v) is 9.32. The Bertz CT molecular complexity index is 1940. The highest BCUT2D eigenvalue weighted by Crippen LogP contribution is 2.36. The van der Waals surface area contributed by atoms with Crippen LogP contribution in [0.15, 0.2) is 97.3 Å². The van der Waals surface area contributed by atoms with Crippen LogP contribution in [0.2, 0.25) is 0 Å². The van der Waals surface area contributed by atoms with E-state index in [4.69, 9.17) is 5.10 Å². The van der Waals surface area contributed by atoms with Crippen LogP contribution in [0.4, 0.5) is 30.5 Å². The molecule has 3 heterocycles. The maximum atomic E-state index is 14.2. The van der Waals surface area contributed by atoms with E-state index in [0.29, 0.717) is 33.9 Å². The number of anilines is 3. The minimum atomic E-state index is -0.829. The lowest BCUT2D eigenvalue weighted by Gasteiger charge is -2.10. The van der Waals surface area contributed by atoms with Crippen LogP contribution in [-0.4, -0.2) is 25.5 Å². The lowest BCUT2D eigenvalue weighted by atomic mass is 10.0. The zero-order valence-electron chi connectivity index (χ0n) is 21.6. The van der Waals surface area contributed by atoms with Crippen molar-refractivity contribution in [3.05, 3.63) is 126 Å². The van der Waals surface area contributed by atoms with Gasteiger partial charge in [0.25, 0.3) is 5.91 Å². The van der Waals surface area contributed by atoms with Crippen molar-refractivity contribution in [2.24, 2.45) is 0 Å². The van der Waals surface area contributed by atoms with Crippen LogP contribution in [0.3, 0.4) is 0 Å². The van der Waals surface area contributed by atoms with Crippen molar-refractivity contribution in [1.82, 2.24) is 19.6 Å². The summed E-state index contributed by atoms with van der Waals surface area (Å²) in [5.41, 5.74) is 4.71.